The van der Waals surface area contributed by atoms with Gasteiger partial charge in [0.2, 0.25) is 0 Å². The van der Waals surface area contributed by atoms with Crippen molar-refractivity contribution in [1.82, 2.24) is 24.5 Å². The number of aromatic nitrogens is 5. The van der Waals surface area contributed by atoms with Crippen molar-refractivity contribution in [2.24, 2.45) is 0 Å². The molecule has 2 unspecified atom stereocenters. The molecule has 4 aromatic rings. The highest BCUT2D eigenvalue weighted by Crippen LogP contribution is 2.37. The Hall–Kier alpha value is -4.43. The normalized spacial score (nSPS) is 19.8. The maximum absolute atomic E-state index is 12.8. The van der Waals surface area contributed by atoms with Crippen LogP contribution in [-0.4, -0.2) is 48.3 Å². The number of H-pyrrole nitrogens is 1. The topological polar surface area (TPSA) is 151 Å². The monoisotopic (exact) mass is 487 g/mol. The van der Waals surface area contributed by atoms with E-state index < -0.39 is 17.6 Å². The first-order valence-corrected chi connectivity index (χ1v) is 11.5. The van der Waals surface area contributed by atoms with E-state index in [0.29, 0.717) is 23.1 Å². The summed E-state index contributed by atoms with van der Waals surface area (Å²) in [6, 6.07) is 13.5. The van der Waals surface area contributed by atoms with Gasteiger partial charge in [0, 0.05) is 17.6 Å². The molecule has 1 aliphatic rings. The second kappa shape index (κ2) is 8.98. The quantitative estimate of drug-likeness (QED) is 0.375. The van der Waals surface area contributed by atoms with Crippen molar-refractivity contribution >= 4 is 28.4 Å². The Morgan fingerprint density at radius 3 is 2.69 bits per heavy atom. The molecule has 3 N–H and O–H groups in total. The molecule has 1 aliphatic heterocycles. The van der Waals surface area contributed by atoms with Crippen LogP contribution < -0.4 is 10.9 Å². The van der Waals surface area contributed by atoms with Crippen LogP contribution in [0.2, 0.25) is 0 Å². The Kier molecular flexibility index (Phi) is 5.81. The summed E-state index contributed by atoms with van der Waals surface area (Å²) in [4.78, 5) is 26.9. The predicted octanol–water partition coefficient (Wildman–Crippen LogP) is 3.14. The number of nitriles is 1. The fraction of sp³-hybridized carbons (Fsp3) is 0.320. The third-order valence-corrected chi connectivity index (χ3v) is 6.55. The lowest BCUT2D eigenvalue weighted by Gasteiger charge is -2.38. The van der Waals surface area contributed by atoms with Gasteiger partial charge in [0.1, 0.15) is 5.39 Å². The summed E-state index contributed by atoms with van der Waals surface area (Å²) >= 11 is 0. The van der Waals surface area contributed by atoms with E-state index in [1.54, 1.807) is 10.7 Å². The van der Waals surface area contributed by atoms with Crippen molar-refractivity contribution in [2.45, 2.75) is 44.8 Å². The number of nitrogens with one attached hydrogen (secondary N) is 2. The second-order valence-corrected chi connectivity index (χ2v) is 9.07. The Labute approximate surface area is 205 Å². The molecule has 0 spiro atoms. The smallest absolute Gasteiger partial charge is 0.332 e. The van der Waals surface area contributed by atoms with E-state index in [9.17, 15) is 20.0 Å². The van der Waals surface area contributed by atoms with Crippen LogP contribution in [0.5, 0.6) is 0 Å². The first kappa shape index (κ1) is 23.3. The van der Waals surface area contributed by atoms with Crippen LogP contribution in [0.3, 0.4) is 0 Å². The highest BCUT2D eigenvalue weighted by atomic mass is 16.5. The first-order chi connectivity index (χ1) is 17.3. The second-order valence-electron chi connectivity index (χ2n) is 9.07. The van der Waals surface area contributed by atoms with E-state index in [1.165, 1.54) is 6.20 Å². The third kappa shape index (κ3) is 4.01. The van der Waals surface area contributed by atoms with Crippen molar-refractivity contribution in [3.05, 3.63) is 64.3 Å². The number of ether oxygens (including phenoxy) is 1. The van der Waals surface area contributed by atoms with E-state index in [0.717, 1.165) is 22.8 Å². The van der Waals surface area contributed by atoms with Crippen LogP contribution in [0.15, 0.2) is 47.4 Å². The molecule has 1 fully saturated rings. The number of carboxylic acid groups (broad SMARTS) is 1. The number of fused-ring (bicyclic) bond motifs is 1. The number of pyridine rings is 1. The summed E-state index contributed by atoms with van der Waals surface area (Å²) in [5.74, 6) is -0.697. The molecule has 1 saturated heterocycles. The Morgan fingerprint density at radius 2 is 2.08 bits per heavy atom. The molecule has 0 saturated carbocycles. The number of hydrogen-bond donors (Lipinski definition) is 3. The van der Waals surface area contributed by atoms with Crippen molar-refractivity contribution in [3.8, 4) is 11.8 Å². The zero-order valence-corrected chi connectivity index (χ0v) is 19.9. The molecule has 5 rings (SSSR count). The molecule has 36 heavy (non-hydrogen) atoms. The van der Waals surface area contributed by atoms with E-state index in [-0.39, 0.29) is 25.0 Å². The molecular formula is C25H25N7O4. The minimum absolute atomic E-state index is 0.00210. The summed E-state index contributed by atoms with van der Waals surface area (Å²) in [7, 11) is 0. The van der Waals surface area contributed by atoms with Crippen molar-refractivity contribution < 1.29 is 14.6 Å². The number of rotatable bonds is 6. The summed E-state index contributed by atoms with van der Waals surface area (Å²) in [6.07, 6.45) is 1.26. The highest BCUT2D eigenvalue weighted by molar-refractivity contribution is 5.91. The van der Waals surface area contributed by atoms with Gasteiger partial charge < -0.3 is 20.1 Å². The maximum atomic E-state index is 12.8. The largest absolute Gasteiger partial charge is 0.479 e. The summed E-state index contributed by atoms with van der Waals surface area (Å²) in [5.41, 5.74) is 2.88. The van der Waals surface area contributed by atoms with Gasteiger partial charge in [0.25, 0.3) is 5.56 Å². The molecule has 4 heterocycles. The van der Waals surface area contributed by atoms with E-state index in [2.05, 4.69) is 21.5 Å². The van der Waals surface area contributed by atoms with Crippen molar-refractivity contribution in [2.75, 3.05) is 11.9 Å². The lowest BCUT2D eigenvalue weighted by atomic mass is 9.87. The van der Waals surface area contributed by atoms with Gasteiger partial charge in [0.05, 0.1) is 41.5 Å². The van der Waals surface area contributed by atoms with Crippen LogP contribution in [-0.2, 0) is 15.1 Å². The van der Waals surface area contributed by atoms with E-state index in [4.69, 9.17) is 9.84 Å². The maximum Gasteiger partial charge on any atom is 0.332 e. The average molecular weight is 488 g/mol. The molecule has 0 aliphatic carbocycles. The van der Waals surface area contributed by atoms with Gasteiger partial charge in [-0.3, -0.25) is 9.48 Å². The van der Waals surface area contributed by atoms with Crippen LogP contribution in [0, 0.1) is 25.2 Å². The molecule has 3 aromatic heterocycles. The predicted molar refractivity (Wildman–Crippen MR) is 131 cm³/mol. The molecule has 1 aromatic carbocycles. The molecule has 2 atom stereocenters. The fourth-order valence-electron chi connectivity index (χ4n) is 4.77. The molecule has 0 amide bonds. The SMILES string of the molecule is Cc1cc(C)n(-c2ccc(Nc3nn(C4(CC#N)CCC(C(=O)O)OC4)c4cc[nH]c(=O)c34)cc2)n1. The van der Waals surface area contributed by atoms with Gasteiger partial charge in [-0.2, -0.15) is 15.5 Å². The number of nitrogens with zero attached hydrogens (tertiary/aromatic N) is 5. The molecule has 0 radical (unpaired) electrons. The minimum Gasteiger partial charge on any atom is -0.479 e. The number of aliphatic carboxylic acids is 1. The number of aromatic amines is 1. The summed E-state index contributed by atoms with van der Waals surface area (Å²) in [5, 5.41) is 31.7. The Bertz CT molecular complexity index is 1530. The summed E-state index contributed by atoms with van der Waals surface area (Å²) in [6.45, 7) is 3.93. The standard InChI is InChI=1S/C25H25N7O4/c1-15-13-16(2)31(29-15)18-5-3-17(4-6-18)28-22-21-19(8-12-27-23(21)33)32(30-22)25(10-11-26)9-7-20(24(34)35)36-14-25/h3-6,8,12-13,20H,7,9-10,14H2,1-2H3,(H,27,33)(H,28,30)(H,34,35). The Balaban J connectivity index is 1.52. The zero-order chi connectivity index (χ0) is 25.4. The lowest BCUT2D eigenvalue weighted by Crippen LogP contribution is -2.46. The molecule has 0 bridgehead atoms. The van der Waals surface area contributed by atoms with Gasteiger partial charge in [-0.15, -0.1) is 0 Å². The number of anilines is 2. The number of benzene rings is 1. The number of aryl methyl sites for hydroxylation is 2. The molecule has 11 nitrogen and oxygen atoms in total. The van der Waals surface area contributed by atoms with Crippen molar-refractivity contribution in [3.63, 3.8) is 0 Å². The highest BCUT2D eigenvalue weighted by Gasteiger charge is 2.42. The van der Waals surface area contributed by atoms with Crippen molar-refractivity contribution in [1.29, 1.82) is 5.26 Å². The summed E-state index contributed by atoms with van der Waals surface area (Å²) < 4.78 is 9.11. The molecular weight excluding hydrogens is 462 g/mol. The van der Waals surface area contributed by atoms with Gasteiger partial charge in [-0.25, -0.2) is 9.48 Å². The van der Waals surface area contributed by atoms with Crippen LogP contribution in [0.4, 0.5) is 11.5 Å². The van der Waals surface area contributed by atoms with Gasteiger partial charge in [0.15, 0.2) is 11.9 Å². The van der Waals surface area contributed by atoms with E-state index in [1.807, 2.05) is 48.9 Å². The average Bonchev–Trinajstić information content (AvgIpc) is 3.40. The number of hydrogen-bond acceptors (Lipinski definition) is 7. The number of carboxylic acids is 1. The van der Waals surface area contributed by atoms with E-state index >= 15 is 0 Å². The van der Waals surface area contributed by atoms with Gasteiger partial charge >= 0.3 is 5.97 Å². The van der Waals surface area contributed by atoms with Crippen LogP contribution >= 0.6 is 0 Å². The molecule has 184 valence electrons. The van der Waals surface area contributed by atoms with Gasteiger partial charge in [-0.05, 0) is 63.1 Å². The van der Waals surface area contributed by atoms with Gasteiger partial charge in [-0.1, -0.05) is 0 Å². The van der Waals surface area contributed by atoms with Crippen LogP contribution in [0.1, 0.15) is 30.7 Å². The molecule has 11 heteroatoms. The zero-order valence-electron chi connectivity index (χ0n) is 19.9. The minimum atomic E-state index is -1.03. The number of carbonyl (C=O) groups is 1. The third-order valence-electron chi connectivity index (χ3n) is 6.55. The fourth-order valence-corrected chi connectivity index (χ4v) is 4.77. The first-order valence-electron chi connectivity index (χ1n) is 11.5. The Morgan fingerprint density at radius 1 is 1.31 bits per heavy atom. The lowest BCUT2D eigenvalue weighted by molar-refractivity contribution is -0.158. The van der Waals surface area contributed by atoms with Crippen LogP contribution in [0.25, 0.3) is 16.6 Å².